The molecule has 130 valence electrons. The number of anilines is 1. The lowest BCUT2D eigenvalue weighted by molar-refractivity contribution is 0.102. The van der Waals surface area contributed by atoms with Crippen LogP contribution in [0.1, 0.15) is 15.2 Å². The van der Waals surface area contributed by atoms with Crippen molar-refractivity contribution in [1.82, 2.24) is 0 Å². The molecule has 1 aromatic heterocycles. The van der Waals surface area contributed by atoms with Crippen molar-refractivity contribution in [2.24, 2.45) is 0 Å². The molecule has 0 unspecified atom stereocenters. The summed E-state index contributed by atoms with van der Waals surface area (Å²) in [4.78, 5) is 13.0. The maximum absolute atomic E-state index is 13.8. The van der Waals surface area contributed by atoms with E-state index in [-0.39, 0.29) is 11.7 Å². The van der Waals surface area contributed by atoms with Gasteiger partial charge in [0.25, 0.3) is 5.91 Å². The predicted molar refractivity (Wildman–Crippen MR) is 98.3 cm³/mol. The number of carbonyl (C=O) groups excluding carboxylic acids is 1. The standard InChI is InChI=1S/C19H18FNO3S/c1-12-6-7-15(16(10-12)24-9-8-23-2)21-19(22)18-11-13-14(20)4-3-5-17(13)25-18/h3-7,10-11H,8-9H2,1-2H3,(H,21,22). The Morgan fingerprint density at radius 3 is 2.80 bits per heavy atom. The molecule has 1 heterocycles. The zero-order valence-electron chi connectivity index (χ0n) is 14.0. The van der Waals surface area contributed by atoms with E-state index in [4.69, 9.17) is 9.47 Å². The molecule has 3 rings (SSSR count). The van der Waals surface area contributed by atoms with Crippen molar-refractivity contribution >= 4 is 33.0 Å². The number of halogens is 1. The van der Waals surface area contributed by atoms with E-state index in [0.29, 0.717) is 34.9 Å². The van der Waals surface area contributed by atoms with E-state index in [1.165, 1.54) is 17.4 Å². The number of hydrogen-bond donors (Lipinski definition) is 1. The smallest absolute Gasteiger partial charge is 0.265 e. The van der Waals surface area contributed by atoms with Gasteiger partial charge in [0.05, 0.1) is 17.2 Å². The summed E-state index contributed by atoms with van der Waals surface area (Å²) in [6.07, 6.45) is 0. The highest BCUT2D eigenvalue weighted by atomic mass is 32.1. The fraction of sp³-hybridized carbons (Fsp3) is 0.211. The SMILES string of the molecule is COCCOc1cc(C)ccc1NC(=O)c1cc2c(F)cccc2s1. The molecule has 4 nitrogen and oxygen atoms in total. The van der Waals surface area contributed by atoms with E-state index >= 15 is 0 Å². The number of fused-ring (bicyclic) bond motifs is 1. The highest BCUT2D eigenvalue weighted by Crippen LogP contribution is 2.30. The van der Waals surface area contributed by atoms with E-state index in [9.17, 15) is 9.18 Å². The fourth-order valence-corrected chi connectivity index (χ4v) is 3.38. The molecule has 6 heteroatoms. The van der Waals surface area contributed by atoms with Crippen LogP contribution < -0.4 is 10.1 Å². The van der Waals surface area contributed by atoms with Crippen LogP contribution in [-0.4, -0.2) is 26.2 Å². The predicted octanol–water partition coefficient (Wildman–Crippen LogP) is 4.63. The first-order valence-electron chi connectivity index (χ1n) is 7.80. The van der Waals surface area contributed by atoms with Gasteiger partial charge in [-0.15, -0.1) is 11.3 Å². The lowest BCUT2D eigenvalue weighted by Crippen LogP contribution is -2.12. The highest BCUT2D eigenvalue weighted by Gasteiger charge is 2.15. The average Bonchev–Trinajstić information content (AvgIpc) is 3.03. The Kier molecular flexibility index (Phi) is 5.31. The van der Waals surface area contributed by atoms with Crippen LogP contribution in [-0.2, 0) is 4.74 Å². The molecule has 0 fully saturated rings. The third-order valence-electron chi connectivity index (χ3n) is 3.66. The molecule has 0 aliphatic heterocycles. The Morgan fingerprint density at radius 2 is 2.04 bits per heavy atom. The number of carbonyl (C=O) groups is 1. The molecular weight excluding hydrogens is 341 g/mol. The van der Waals surface area contributed by atoms with Crippen LogP contribution in [0.3, 0.4) is 0 Å². The molecule has 0 saturated carbocycles. The molecule has 0 bridgehead atoms. The van der Waals surface area contributed by atoms with Crippen molar-refractivity contribution in [2.75, 3.05) is 25.6 Å². The molecule has 2 aromatic carbocycles. The summed E-state index contributed by atoms with van der Waals surface area (Å²) in [6, 6.07) is 11.9. The van der Waals surface area contributed by atoms with E-state index < -0.39 is 0 Å². The second kappa shape index (κ2) is 7.63. The molecule has 3 aromatic rings. The van der Waals surface area contributed by atoms with Gasteiger partial charge in [-0.3, -0.25) is 4.79 Å². The topological polar surface area (TPSA) is 47.6 Å². The van der Waals surface area contributed by atoms with E-state index in [0.717, 1.165) is 10.3 Å². The summed E-state index contributed by atoms with van der Waals surface area (Å²) in [6.45, 7) is 2.79. The number of aryl methyl sites for hydroxylation is 1. The minimum atomic E-state index is -0.327. The van der Waals surface area contributed by atoms with Crippen molar-refractivity contribution in [2.45, 2.75) is 6.92 Å². The van der Waals surface area contributed by atoms with Crippen LogP contribution in [0.4, 0.5) is 10.1 Å². The van der Waals surface area contributed by atoms with Gasteiger partial charge in [0.15, 0.2) is 0 Å². The van der Waals surface area contributed by atoms with Gasteiger partial charge in [-0.05, 0) is 42.8 Å². The van der Waals surface area contributed by atoms with Gasteiger partial charge in [-0.2, -0.15) is 0 Å². The Morgan fingerprint density at radius 1 is 1.20 bits per heavy atom. The van der Waals surface area contributed by atoms with Gasteiger partial charge in [-0.1, -0.05) is 12.1 Å². The van der Waals surface area contributed by atoms with Gasteiger partial charge >= 0.3 is 0 Å². The molecule has 0 radical (unpaired) electrons. The minimum Gasteiger partial charge on any atom is -0.489 e. The zero-order chi connectivity index (χ0) is 17.8. The Bertz CT molecular complexity index is 907. The fourth-order valence-electron chi connectivity index (χ4n) is 2.41. The van der Waals surface area contributed by atoms with Crippen LogP contribution in [0, 0.1) is 12.7 Å². The summed E-state index contributed by atoms with van der Waals surface area (Å²) < 4.78 is 25.2. The van der Waals surface area contributed by atoms with Crippen molar-refractivity contribution < 1.29 is 18.7 Å². The molecule has 0 atom stereocenters. The van der Waals surface area contributed by atoms with Crippen molar-refractivity contribution in [3.8, 4) is 5.75 Å². The Hall–Kier alpha value is -2.44. The maximum Gasteiger partial charge on any atom is 0.265 e. The van der Waals surface area contributed by atoms with Crippen LogP contribution in [0.5, 0.6) is 5.75 Å². The van der Waals surface area contributed by atoms with Crippen LogP contribution >= 0.6 is 11.3 Å². The number of ether oxygens (including phenoxy) is 2. The third kappa shape index (κ3) is 3.97. The van der Waals surface area contributed by atoms with Crippen LogP contribution in [0.2, 0.25) is 0 Å². The van der Waals surface area contributed by atoms with Crippen molar-refractivity contribution in [3.05, 3.63) is 58.7 Å². The van der Waals surface area contributed by atoms with Crippen molar-refractivity contribution in [1.29, 1.82) is 0 Å². The third-order valence-corrected chi connectivity index (χ3v) is 4.76. The number of thiophene rings is 1. The average molecular weight is 359 g/mol. The van der Waals surface area contributed by atoms with Crippen LogP contribution in [0.25, 0.3) is 10.1 Å². The molecule has 0 spiro atoms. The second-order valence-electron chi connectivity index (χ2n) is 5.56. The molecule has 0 aliphatic rings. The molecule has 1 amide bonds. The van der Waals surface area contributed by atoms with Crippen molar-refractivity contribution in [3.63, 3.8) is 0 Å². The van der Waals surface area contributed by atoms with Gasteiger partial charge in [0, 0.05) is 17.2 Å². The number of nitrogens with one attached hydrogen (secondary N) is 1. The summed E-state index contributed by atoms with van der Waals surface area (Å²) in [5.74, 6) is -0.0366. The number of hydrogen-bond acceptors (Lipinski definition) is 4. The lowest BCUT2D eigenvalue weighted by atomic mass is 10.2. The molecule has 25 heavy (non-hydrogen) atoms. The number of methoxy groups -OCH3 is 1. The van der Waals surface area contributed by atoms with E-state index in [2.05, 4.69) is 5.32 Å². The first-order chi connectivity index (χ1) is 12.1. The number of rotatable bonds is 6. The molecular formula is C19H18FNO3S. The Balaban J connectivity index is 1.83. The minimum absolute atomic E-state index is 0.291. The zero-order valence-corrected chi connectivity index (χ0v) is 14.8. The summed E-state index contributed by atoms with van der Waals surface area (Å²) in [7, 11) is 1.60. The van der Waals surface area contributed by atoms with E-state index in [1.54, 1.807) is 31.4 Å². The first kappa shape index (κ1) is 17.4. The molecule has 0 aliphatic carbocycles. The lowest BCUT2D eigenvalue weighted by Gasteiger charge is -2.12. The van der Waals surface area contributed by atoms with Gasteiger partial charge in [-0.25, -0.2) is 4.39 Å². The van der Waals surface area contributed by atoms with E-state index in [1.807, 2.05) is 19.1 Å². The van der Waals surface area contributed by atoms with Crippen LogP contribution in [0.15, 0.2) is 42.5 Å². The summed E-state index contributed by atoms with van der Waals surface area (Å²) in [5, 5.41) is 3.30. The summed E-state index contributed by atoms with van der Waals surface area (Å²) >= 11 is 1.26. The quantitative estimate of drug-likeness (QED) is 0.653. The number of benzene rings is 2. The van der Waals surface area contributed by atoms with Gasteiger partial charge in [0.2, 0.25) is 0 Å². The molecule has 0 saturated heterocycles. The Labute approximate surface area is 149 Å². The maximum atomic E-state index is 13.8. The van der Waals surface area contributed by atoms with Gasteiger partial charge in [0.1, 0.15) is 18.2 Å². The highest BCUT2D eigenvalue weighted by molar-refractivity contribution is 7.20. The normalized spacial score (nSPS) is 10.8. The van der Waals surface area contributed by atoms with Gasteiger partial charge < -0.3 is 14.8 Å². The second-order valence-corrected chi connectivity index (χ2v) is 6.64. The summed E-state index contributed by atoms with van der Waals surface area (Å²) in [5.41, 5.74) is 1.60. The number of amides is 1. The first-order valence-corrected chi connectivity index (χ1v) is 8.62. The largest absolute Gasteiger partial charge is 0.489 e. The monoisotopic (exact) mass is 359 g/mol. The molecule has 1 N–H and O–H groups in total.